The molecule has 9 heteroatoms. The predicted octanol–water partition coefficient (Wildman–Crippen LogP) is 0.642. The van der Waals surface area contributed by atoms with Gasteiger partial charge in [0.25, 0.3) is 5.91 Å². The summed E-state index contributed by atoms with van der Waals surface area (Å²) in [5.74, 6) is -0.209. The second kappa shape index (κ2) is 6.93. The van der Waals surface area contributed by atoms with Gasteiger partial charge in [-0.25, -0.2) is 9.97 Å². The van der Waals surface area contributed by atoms with Crippen LogP contribution in [0.3, 0.4) is 0 Å². The molecule has 8 nitrogen and oxygen atoms in total. The van der Waals surface area contributed by atoms with Crippen molar-refractivity contribution in [3.8, 4) is 5.88 Å². The number of carbonyl (C=O) groups excluding carboxylic acids is 2. The molecular formula is C15H17N5O3S. The van der Waals surface area contributed by atoms with Crippen LogP contribution in [0.15, 0.2) is 17.8 Å². The molecule has 0 saturated heterocycles. The van der Waals surface area contributed by atoms with E-state index in [0.29, 0.717) is 29.5 Å². The van der Waals surface area contributed by atoms with Gasteiger partial charge in [-0.05, 0) is 11.4 Å². The molecule has 0 atom stereocenters. The number of primary amides is 1. The second-order valence-electron chi connectivity index (χ2n) is 5.34. The van der Waals surface area contributed by atoms with E-state index in [1.165, 1.54) is 17.7 Å². The monoisotopic (exact) mass is 347 g/mol. The summed E-state index contributed by atoms with van der Waals surface area (Å²) in [6.07, 6.45) is 2.22. The van der Waals surface area contributed by atoms with Crippen molar-refractivity contribution in [1.82, 2.24) is 14.9 Å². The molecule has 0 bridgehead atoms. The first kappa shape index (κ1) is 16.3. The maximum atomic E-state index is 12.3. The van der Waals surface area contributed by atoms with Gasteiger partial charge in [-0.15, -0.1) is 11.3 Å². The number of amides is 2. The molecule has 2 aromatic rings. The van der Waals surface area contributed by atoms with Gasteiger partial charge in [0.05, 0.1) is 24.9 Å². The maximum Gasteiger partial charge on any atom is 0.251 e. The van der Waals surface area contributed by atoms with Gasteiger partial charge in [-0.1, -0.05) is 0 Å². The Kier molecular flexibility index (Phi) is 4.72. The van der Waals surface area contributed by atoms with Crippen molar-refractivity contribution in [3.05, 3.63) is 34.6 Å². The molecular weight excluding hydrogens is 330 g/mol. The van der Waals surface area contributed by atoms with Crippen molar-refractivity contribution in [2.75, 3.05) is 25.5 Å². The number of fused-ring (bicyclic) bond motifs is 1. The van der Waals surface area contributed by atoms with E-state index in [1.807, 2.05) is 4.90 Å². The molecule has 0 aliphatic carbocycles. The van der Waals surface area contributed by atoms with Crippen LogP contribution in [0.1, 0.15) is 21.6 Å². The van der Waals surface area contributed by atoms with Crippen LogP contribution >= 0.6 is 11.3 Å². The second-order valence-corrected chi connectivity index (χ2v) is 6.26. The fraction of sp³-hybridized carbons (Fsp3) is 0.333. The number of nitrogens with one attached hydrogen (secondary N) is 1. The zero-order valence-electron chi connectivity index (χ0n) is 13.1. The van der Waals surface area contributed by atoms with Crippen LogP contribution in [0.25, 0.3) is 0 Å². The summed E-state index contributed by atoms with van der Waals surface area (Å²) in [6.45, 7) is 1.46. The van der Waals surface area contributed by atoms with Gasteiger partial charge in [-0.3, -0.25) is 14.5 Å². The van der Waals surface area contributed by atoms with Crippen LogP contribution in [0.5, 0.6) is 5.88 Å². The van der Waals surface area contributed by atoms with E-state index in [1.54, 1.807) is 18.6 Å². The highest BCUT2D eigenvalue weighted by Crippen LogP contribution is 2.25. The molecule has 3 N–H and O–H groups in total. The highest BCUT2D eigenvalue weighted by atomic mass is 32.1. The van der Waals surface area contributed by atoms with E-state index in [-0.39, 0.29) is 12.5 Å². The molecule has 0 spiro atoms. The predicted molar refractivity (Wildman–Crippen MR) is 89.0 cm³/mol. The molecule has 1 aliphatic rings. The summed E-state index contributed by atoms with van der Waals surface area (Å²) in [5, 5.41) is 4.94. The topological polar surface area (TPSA) is 110 Å². The van der Waals surface area contributed by atoms with Gasteiger partial charge in [-0.2, -0.15) is 0 Å². The molecule has 126 valence electrons. The Labute approximate surface area is 142 Å². The average Bonchev–Trinajstić information content (AvgIpc) is 3.02. The SMILES string of the molecule is COc1ncnc2c1CN(CC(=O)Nc1sccc1C(N)=O)CC2. The first-order valence-electron chi connectivity index (χ1n) is 7.34. The van der Waals surface area contributed by atoms with Gasteiger partial charge in [0, 0.05) is 25.1 Å². The van der Waals surface area contributed by atoms with E-state index in [2.05, 4.69) is 15.3 Å². The lowest BCUT2D eigenvalue weighted by Crippen LogP contribution is -2.37. The van der Waals surface area contributed by atoms with Crippen LogP contribution in [0.4, 0.5) is 5.00 Å². The van der Waals surface area contributed by atoms with Crippen molar-refractivity contribution in [1.29, 1.82) is 0 Å². The number of hydrogen-bond donors (Lipinski definition) is 2. The van der Waals surface area contributed by atoms with Crippen LogP contribution in [-0.2, 0) is 17.8 Å². The van der Waals surface area contributed by atoms with Gasteiger partial charge >= 0.3 is 0 Å². The zero-order valence-corrected chi connectivity index (χ0v) is 13.9. The highest BCUT2D eigenvalue weighted by Gasteiger charge is 2.23. The highest BCUT2D eigenvalue weighted by molar-refractivity contribution is 7.14. The third kappa shape index (κ3) is 3.36. The Morgan fingerprint density at radius 1 is 1.46 bits per heavy atom. The van der Waals surface area contributed by atoms with Crippen LogP contribution in [0.2, 0.25) is 0 Å². The van der Waals surface area contributed by atoms with Gasteiger partial charge < -0.3 is 15.8 Å². The standard InChI is InChI=1S/C15H17N5O3S/c1-23-14-10-6-20(4-2-11(10)17-8-18-14)7-12(21)19-15-9(13(16)22)3-5-24-15/h3,5,8H,2,4,6-7H2,1H3,(H2,16,22)(H,19,21). The smallest absolute Gasteiger partial charge is 0.251 e. The van der Waals surface area contributed by atoms with Crippen molar-refractivity contribution < 1.29 is 14.3 Å². The molecule has 0 radical (unpaired) electrons. The molecule has 0 saturated carbocycles. The fourth-order valence-corrected chi connectivity index (χ4v) is 3.46. The summed E-state index contributed by atoms with van der Waals surface area (Å²) in [5.41, 5.74) is 7.47. The van der Waals surface area contributed by atoms with Gasteiger partial charge in [0.15, 0.2) is 0 Å². The van der Waals surface area contributed by atoms with Crippen molar-refractivity contribution >= 4 is 28.2 Å². The summed E-state index contributed by atoms with van der Waals surface area (Å²) in [7, 11) is 1.57. The number of aromatic nitrogens is 2. The van der Waals surface area contributed by atoms with Crippen molar-refractivity contribution in [3.63, 3.8) is 0 Å². The van der Waals surface area contributed by atoms with Gasteiger partial charge in [0.2, 0.25) is 11.8 Å². The van der Waals surface area contributed by atoms with E-state index in [0.717, 1.165) is 17.7 Å². The number of ether oxygens (including phenoxy) is 1. The molecule has 2 aromatic heterocycles. The minimum atomic E-state index is -0.555. The Morgan fingerprint density at radius 2 is 2.29 bits per heavy atom. The molecule has 3 rings (SSSR count). The molecule has 0 unspecified atom stereocenters. The quantitative estimate of drug-likeness (QED) is 0.821. The first-order valence-corrected chi connectivity index (χ1v) is 8.22. The Morgan fingerprint density at radius 3 is 3.04 bits per heavy atom. The molecule has 0 aromatic carbocycles. The number of carbonyl (C=O) groups is 2. The Balaban J connectivity index is 1.65. The van der Waals surface area contributed by atoms with Crippen LogP contribution in [-0.4, -0.2) is 46.9 Å². The Hall–Kier alpha value is -2.52. The fourth-order valence-electron chi connectivity index (χ4n) is 2.65. The number of anilines is 1. The van der Waals surface area contributed by atoms with Crippen LogP contribution in [0, 0.1) is 0 Å². The van der Waals surface area contributed by atoms with Crippen molar-refractivity contribution in [2.45, 2.75) is 13.0 Å². The minimum absolute atomic E-state index is 0.195. The number of rotatable bonds is 5. The normalized spacial score (nSPS) is 14.0. The molecule has 0 fully saturated rings. The lowest BCUT2D eigenvalue weighted by Gasteiger charge is -2.27. The number of thiophene rings is 1. The summed E-state index contributed by atoms with van der Waals surface area (Å²) in [4.78, 5) is 33.9. The zero-order chi connectivity index (χ0) is 17.1. The lowest BCUT2D eigenvalue weighted by atomic mass is 10.1. The van der Waals surface area contributed by atoms with E-state index in [9.17, 15) is 9.59 Å². The number of methoxy groups -OCH3 is 1. The summed E-state index contributed by atoms with van der Waals surface area (Å²) >= 11 is 1.27. The third-order valence-electron chi connectivity index (χ3n) is 3.79. The molecule has 24 heavy (non-hydrogen) atoms. The molecule has 1 aliphatic heterocycles. The number of nitrogens with two attached hydrogens (primary N) is 1. The van der Waals surface area contributed by atoms with Gasteiger partial charge in [0.1, 0.15) is 11.3 Å². The number of nitrogens with zero attached hydrogens (tertiary/aromatic N) is 3. The summed E-state index contributed by atoms with van der Waals surface area (Å²) in [6, 6.07) is 1.60. The minimum Gasteiger partial charge on any atom is -0.481 e. The molecule has 2 amide bonds. The summed E-state index contributed by atoms with van der Waals surface area (Å²) < 4.78 is 5.27. The van der Waals surface area contributed by atoms with E-state index < -0.39 is 5.91 Å². The first-order chi connectivity index (χ1) is 11.6. The third-order valence-corrected chi connectivity index (χ3v) is 4.62. The molecule has 3 heterocycles. The Bertz CT molecular complexity index is 762. The lowest BCUT2D eigenvalue weighted by molar-refractivity contribution is -0.117. The van der Waals surface area contributed by atoms with Crippen LogP contribution < -0.4 is 15.8 Å². The van der Waals surface area contributed by atoms with Crippen molar-refractivity contribution in [2.24, 2.45) is 5.73 Å². The average molecular weight is 347 g/mol. The largest absolute Gasteiger partial charge is 0.481 e. The van der Waals surface area contributed by atoms with E-state index in [4.69, 9.17) is 10.5 Å². The van der Waals surface area contributed by atoms with E-state index >= 15 is 0 Å². The maximum absolute atomic E-state index is 12.3. The number of hydrogen-bond acceptors (Lipinski definition) is 7.